The molecule has 158 valence electrons. The van der Waals surface area contributed by atoms with E-state index in [2.05, 4.69) is 20.7 Å². The molecule has 0 bridgehead atoms. The molecule has 1 aromatic carbocycles. The van der Waals surface area contributed by atoms with Crippen molar-refractivity contribution in [3.63, 3.8) is 0 Å². The first-order valence-electron chi connectivity index (χ1n) is 9.51. The van der Waals surface area contributed by atoms with E-state index in [1.165, 1.54) is 0 Å². The molecule has 2 heterocycles. The molecule has 0 aliphatic carbocycles. The number of carbonyl (C=O) groups excluding carboxylic acids is 1. The van der Waals surface area contributed by atoms with E-state index in [1.54, 1.807) is 30.3 Å². The molecular weight excluding hydrogens is 416 g/mol. The van der Waals surface area contributed by atoms with Crippen molar-refractivity contribution >= 4 is 34.3 Å². The highest BCUT2D eigenvalue weighted by Gasteiger charge is 2.36. The molecule has 2 atom stereocenters. The van der Waals surface area contributed by atoms with Crippen LogP contribution in [0.3, 0.4) is 0 Å². The summed E-state index contributed by atoms with van der Waals surface area (Å²) in [5, 5.41) is 19.5. The molecule has 3 rings (SSSR count). The van der Waals surface area contributed by atoms with E-state index in [0.29, 0.717) is 37.0 Å². The predicted octanol–water partition coefficient (Wildman–Crippen LogP) is 2.25. The Morgan fingerprint density at radius 1 is 1.41 bits per heavy atom. The summed E-state index contributed by atoms with van der Waals surface area (Å²) >= 11 is 5.87. The molecule has 1 saturated heterocycles. The molecule has 8 nitrogen and oxygen atoms in total. The van der Waals surface area contributed by atoms with Crippen LogP contribution in [0.15, 0.2) is 39.8 Å². The summed E-state index contributed by atoms with van der Waals surface area (Å²) in [4.78, 5) is 14.8. The number of aliphatic hydroxyl groups is 1. The number of rotatable bonds is 9. The molecule has 0 radical (unpaired) electrons. The van der Waals surface area contributed by atoms with Crippen molar-refractivity contribution in [2.24, 2.45) is 0 Å². The van der Waals surface area contributed by atoms with Gasteiger partial charge in [-0.05, 0) is 37.1 Å². The van der Waals surface area contributed by atoms with E-state index >= 15 is 0 Å². The number of benzene rings is 1. The molecule has 1 aliphatic rings. The Balaban J connectivity index is 1.39. The normalized spacial score (nSPS) is 16.8. The number of aryl methyl sites for hydroxylation is 1. The Labute approximate surface area is 177 Å². The number of hydrogen-bond donors (Lipinski definition) is 3. The highest BCUT2D eigenvalue weighted by atomic mass is 35.5. The summed E-state index contributed by atoms with van der Waals surface area (Å²) in [7, 11) is -1.10. The molecule has 1 fully saturated rings. The van der Waals surface area contributed by atoms with Gasteiger partial charge in [-0.1, -0.05) is 23.7 Å². The summed E-state index contributed by atoms with van der Waals surface area (Å²) in [6, 6.07) is 8.24. The van der Waals surface area contributed by atoms with Crippen molar-refractivity contribution in [1.82, 2.24) is 15.4 Å². The summed E-state index contributed by atoms with van der Waals surface area (Å²) < 4.78 is 17.6. The van der Waals surface area contributed by atoms with E-state index in [9.17, 15) is 14.1 Å². The second-order valence-electron chi connectivity index (χ2n) is 6.87. The third kappa shape index (κ3) is 5.79. The highest BCUT2D eigenvalue weighted by Crippen LogP contribution is 2.24. The molecule has 0 spiro atoms. The number of nitrogens with one attached hydrogen (secondary N) is 2. The van der Waals surface area contributed by atoms with Gasteiger partial charge in [-0.25, -0.2) is 4.79 Å². The summed E-state index contributed by atoms with van der Waals surface area (Å²) in [6.07, 6.45) is 1.31. The van der Waals surface area contributed by atoms with Gasteiger partial charge in [0.1, 0.15) is 0 Å². The number of nitrogens with zero attached hydrogens (tertiary/aromatic N) is 2. The van der Waals surface area contributed by atoms with Gasteiger partial charge in [-0.3, -0.25) is 14.4 Å². The Hall–Kier alpha value is -1.94. The van der Waals surface area contributed by atoms with Gasteiger partial charge in [0.05, 0.1) is 28.4 Å². The van der Waals surface area contributed by atoms with Crippen LogP contribution in [-0.4, -0.2) is 62.9 Å². The fraction of sp³-hybridized carbons (Fsp3) is 0.474. The first kappa shape index (κ1) is 21.8. The third-order valence-corrected chi connectivity index (χ3v) is 6.77. The molecule has 0 saturated carbocycles. The summed E-state index contributed by atoms with van der Waals surface area (Å²) in [5.41, 5.74) is 0.768. The van der Waals surface area contributed by atoms with Gasteiger partial charge < -0.3 is 14.9 Å². The van der Waals surface area contributed by atoms with Crippen LogP contribution in [0.5, 0.6) is 0 Å². The maximum atomic E-state index is 12.6. The third-order valence-electron chi connectivity index (χ3n) is 4.87. The van der Waals surface area contributed by atoms with E-state index in [0.717, 1.165) is 17.0 Å². The van der Waals surface area contributed by atoms with Gasteiger partial charge in [0.15, 0.2) is 0 Å². The monoisotopic (exact) mass is 440 g/mol. The topological polar surface area (TPSA) is 108 Å². The minimum atomic E-state index is -1.10. The molecule has 3 N–H and O–H groups in total. The van der Waals surface area contributed by atoms with Crippen LogP contribution in [0.1, 0.15) is 19.0 Å². The van der Waals surface area contributed by atoms with E-state index in [-0.39, 0.29) is 23.9 Å². The second kappa shape index (κ2) is 10.2. The maximum Gasteiger partial charge on any atom is 0.321 e. The SMILES string of the molecule is CCc1cc(NC(=O)NCC[C@@H](CO)N2CC(S(=O)c3ccc(Cl)cc3)C2)on1. The Kier molecular flexibility index (Phi) is 7.65. The number of amides is 2. The Morgan fingerprint density at radius 2 is 2.14 bits per heavy atom. The zero-order valence-corrected chi connectivity index (χ0v) is 17.7. The lowest BCUT2D eigenvalue weighted by Crippen LogP contribution is -2.58. The first-order valence-corrected chi connectivity index (χ1v) is 11.1. The van der Waals surface area contributed by atoms with Crippen LogP contribution < -0.4 is 10.6 Å². The van der Waals surface area contributed by atoms with Crippen LogP contribution in [0.25, 0.3) is 0 Å². The second-order valence-corrected chi connectivity index (χ2v) is 9.04. The minimum absolute atomic E-state index is 0.0223. The van der Waals surface area contributed by atoms with Gasteiger partial charge in [0.2, 0.25) is 5.88 Å². The molecular formula is C19H25ClN4O4S. The number of carbonyl (C=O) groups is 1. The Bertz CT molecular complexity index is 839. The van der Waals surface area contributed by atoms with Gasteiger partial charge in [0, 0.05) is 41.7 Å². The van der Waals surface area contributed by atoms with Crippen molar-refractivity contribution in [1.29, 1.82) is 0 Å². The average Bonchev–Trinajstić information content (AvgIpc) is 3.13. The molecule has 10 heteroatoms. The van der Waals surface area contributed by atoms with Crippen LogP contribution in [0.2, 0.25) is 5.02 Å². The molecule has 29 heavy (non-hydrogen) atoms. The summed E-state index contributed by atoms with van der Waals surface area (Å²) in [5.74, 6) is 0.299. The molecule has 1 aliphatic heterocycles. The van der Waals surface area contributed by atoms with Crippen molar-refractivity contribution in [3.05, 3.63) is 41.0 Å². The number of aromatic nitrogens is 1. The van der Waals surface area contributed by atoms with E-state index < -0.39 is 10.8 Å². The largest absolute Gasteiger partial charge is 0.395 e. The fourth-order valence-corrected chi connectivity index (χ4v) is 4.67. The lowest BCUT2D eigenvalue weighted by atomic mass is 10.1. The van der Waals surface area contributed by atoms with Gasteiger partial charge in [-0.15, -0.1) is 0 Å². The van der Waals surface area contributed by atoms with Crippen LogP contribution in [0, 0.1) is 0 Å². The van der Waals surface area contributed by atoms with Crippen molar-refractivity contribution < 1.29 is 18.6 Å². The van der Waals surface area contributed by atoms with Crippen molar-refractivity contribution in [3.8, 4) is 0 Å². The lowest BCUT2D eigenvalue weighted by Gasteiger charge is -2.43. The van der Waals surface area contributed by atoms with Crippen molar-refractivity contribution in [2.75, 3.05) is 31.6 Å². The zero-order valence-electron chi connectivity index (χ0n) is 16.1. The number of likely N-dealkylation sites (tertiary alicyclic amines) is 1. The van der Waals surface area contributed by atoms with Crippen LogP contribution in [-0.2, 0) is 17.2 Å². The van der Waals surface area contributed by atoms with Gasteiger partial charge in [-0.2, -0.15) is 0 Å². The predicted molar refractivity (Wildman–Crippen MR) is 112 cm³/mol. The number of anilines is 1. The average molecular weight is 441 g/mol. The quantitative estimate of drug-likeness (QED) is 0.552. The lowest BCUT2D eigenvalue weighted by molar-refractivity contribution is 0.0708. The van der Waals surface area contributed by atoms with Crippen LogP contribution in [0.4, 0.5) is 10.7 Å². The number of urea groups is 1. The standard InChI is InChI=1S/C19H25ClN4O4S/c1-2-14-9-18(28-23-14)22-19(26)21-8-7-15(12-25)24-10-17(11-24)29(27)16-5-3-13(20)4-6-16/h3-6,9,15,17,25H,2,7-8,10-12H2,1H3,(H2,21,22,26)/t15-,29?/m0/s1. The fourth-order valence-electron chi connectivity index (χ4n) is 3.10. The zero-order chi connectivity index (χ0) is 20.8. The molecule has 2 amide bonds. The van der Waals surface area contributed by atoms with Gasteiger partial charge in [0.25, 0.3) is 0 Å². The highest BCUT2D eigenvalue weighted by molar-refractivity contribution is 7.85. The minimum Gasteiger partial charge on any atom is -0.395 e. The number of halogens is 1. The first-order chi connectivity index (χ1) is 14.0. The molecule has 1 unspecified atom stereocenters. The smallest absolute Gasteiger partial charge is 0.321 e. The molecule has 2 aromatic rings. The van der Waals surface area contributed by atoms with Crippen LogP contribution >= 0.6 is 11.6 Å². The molecule has 1 aromatic heterocycles. The summed E-state index contributed by atoms with van der Waals surface area (Å²) in [6.45, 7) is 3.61. The van der Waals surface area contributed by atoms with Gasteiger partial charge >= 0.3 is 6.03 Å². The van der Waals surface area contributed by atoms with E-state index in [4.69, 9.17) is 16.1 Å². The van der Waals surface area contributed by atoms with E-state index in [1.807, 2.05) is 6.92 Å². The number of hydrogen-bond acceptors (Lipinski definition) is 6. The maximum absolute atomic E-state index is 12.6. The number of aliphatic hydroxyl groups excluding tert-OH is 1. The van der Waals surface area contributed by atoms with Crippen molar-refractivity contribution in [2.45, 2.75) is 36.0 Å². The Morgan fingerprint density at radius 3 is 2.76 bits per heavy atom.